The van der Waals surface area contributed by atoms with Crippen LogP contribution in [0.3, 0.4) is 0 Å². The van der Waals surface area contributed by atoms with Crippen LogP contribution in [0, 0.1) is 0 Å². The predicted molar refractivity (Wildman–Crippen MR) is 99.7 cm³/mol. The second kappa shape index (κ2) is 3.91. The molecular weight excluding hydrogens is 276 g/mol. The smallest absolute Gasteiger partial charge is 0.00201 e. The second-order valence-corrected chi connectivity index (χ2v) is 6.55. The van der Waals surface area contributed by atoms with Gasteiger partial charge in [-0.3, -0.25) is 0 Å². The van der Waals surface area contributed by atoms with Gasteiger partial charge in [-0.2, -0.15) is 0 Å². The number of allylic oxidation sites excluding steroid dienone is 2. The van der Waals surface area contributed by atoms with Crippen molar-refractivity contribution in [3.8, 4) is 0 Å². The van der Waals surface area contributed by atoms with Gasteiger partial charge in [0.25, 0.3) is 0 Å². The first-order valence-electron chi connectivity index (χ1n) is 8.20. The third kappa shape index (κ3) is 1.37. The molecule has 0 aliphatic heterocycles. The fourth-order valence-corrected chi connectivity index (χ4v) is 4.38. The van der Waals surface area contributed by atoms with Gasteiger partial charge in [0.2, 0.25) is 0 Å². The first-order chi connectivity index (χ1) is 11.4. The molecule has 2 aliphatic carbocycles. The summed E-state index contributed by atoms with van der Waals surface area (Å²) in [5.41, 5.74) is 2.85. The Morgan fingerprint density at radius 2 is 1.57 bits per heavy atom. The molecule has 0 atom stereocenters. The van der Waals surface area contributed by atoms with E-state index < -0.39 is 0 Å². The molecule has 0 spiro atoms. The van der Waals surface area contributed by atoms with E-state index in [1.54, 1.807) is 0 Å². The molecule has 0 unspecified atom stereocenters. The highest BCUT2D eigenvalue weighted by Gasteiger charge is 2.18. The molecule has 4 aromatic rings. The van der Waals surface area contributed by atoms with E-state index in [2.05, 4.69) is 72.8 Å². The average Bonchev–Trinajstić information content (AvgIpc) is 2.98. The van der Waals surface area contributed by atoms with Gasteiger partial charge in [0, 0.05) is 0 Å². The number of hydrogen-bond donors (Lipinski definition) is 0. The Hall–Kier alpha value is -2.86. The summed E-state index contributed by atoms with van der Waals surface area (Å²) < 4.78 is 0. The van der Waals surface area contributed by atoms with Crippen molar-refractivity contribution in [3.05, 3.63) is 76.7 Å². The van der Waals surface area contributed by atoms with Crippen LogP contribution in [0.4, 0.5) is 0 Å². The highest BCUT2D eigenvalue weighted by molar-refractivity contribution is 6.24. The SMILES string of the molecule is C1=C2C=c3cc4ccc5ccccc5c4c4ccc(c2c34)=CC1. The number of fused-ring (bicyclic) bond motifs is 4. The molecule has 23 heavy (non-hydrogen) atoms. The van der Waals surface area contributed by atoms with E-state index in [0.29, 0.717) is 0 Å². The minimum absolute atomic E-state index is 1.04. The van der Waals surface area contributed by atoms with E-state index in [9.17, 15) is 0 Å². The van der Waals surface area contributed by atoms with Gasteiger partial charge >= 0.3 is 0 Å². The molecule has 0 fully saturated rings. The van der Waals surface area contributed by atoms with Crippen molar-refractivity contribution in [3.63, 3.8) is 0 Å². The molecule has 0 heteroatoms. The van der Waals surface area contributed by atoms with Crippen LogP contribution in [-0.2, 0) is 0 Å². The summed E-state index contributed by atoms with van der Waals surface area (Å²) >= 11 is 0. The number of benzene rings is 4. The minimum atomic E-state index is 1.04. The maximum Gasteiger partial charge on any atom is -0.00201 e. The summed E-state index contributed by atoms with van der Waals surface area (Å²) in [6, 6.07) is 20.2. The van der Waals surface area contributed by atoms with Gasteiger partial charge in [0.15, 0.2) is 0 Å². The van der Waals surface area contributed by atoms with Gasteiger partial charge in [0.05, 0.1) is 0 Å². The zero-order valence-corrected chi connectivity index (χ0v) is 12.6. The Bertz CT molecular complexity index is 1320. The first kappa shape index (κ1) is 11.7. The fourth-order valence-electron chi connectivity index (χ4n) is 4.38. The molecule has 0 bridgehead atoms. The van der Waals surface area contributed by atoms with Crippen LogP contribution in [0.15, 0.2) is 60.7 Å². The van der Waals surface area contributed by atoms with Crippen LogP contribution < -0.4 is 10.4 Å². The highest BCUT2D eigenvalue weighted by atomic mass is 14.2. The van der Waals surface area contributed by atoms with Crippen molar-refractivity contribution in [2.24, 2.45) is 0 Å². The lowest BCUT2D eigenvalue weighted by Crippen LogP contribution is -2.10. The van der Waals surface area contributed by atoms with Crippen LogP contribution in [0.25, 0.3) is 50.0 Å². The molecule has 4 aromatic carbocycles. The molecule has 6 rings (SSSR count). The maximum absolute atomic E-state index is 2.36. The van der Waals surface area contributed by atoms with Gasteiger partial charge in [-0.1, -0.05) is 60.7 Å². The van der Waals surface area contributed by atoms with Crippen LogP contribution in [-0.4, -0.2) is 0 Å². The van der Waals surface area contributed by atoms with Crippen molar-refractivity contribution < 1.29 is 0 Å². The fraction of sp³-hybridized carbons (Fsp3) is 0.0435. The number of rotatable bonds is 0. The Morgan fingerprint density at radius 3 is 2.57 bits per heavy atom. The lowest BCUT2D eigenvalue weighted by molar-refractivity contribution is 1.42. The van der Waals surface area contributed by atoms with E-state index >= 15 is 0 Å². The van der Waals surface area contributed by atoms with Crippen molar-refractivity contribution in [2.45, 2.75) is 6.42 Å². The maximum atomic E-state index is 2.36. The van der Waals surface area contributed by atoms with E-state index in [4.69, 9.17) is 0 Å². The van der Waals surface area contributed by atoms with Crippen molar-refractivity contribution in [2.75, 3.05) is 0 Å². The van der Waals surface area contributed by atoms with Gasteiger partial charge in [0.1, 0.15) is 0 Å². The molecule has 0 saturated heterocycles. The minimum Gasteiger partial charge on any atom is -0.0728 e. The lowest BCUT2D eigenvalue weighted by Gasteiger charge is -2.11. The van der Waals surface area contributed by atoms with E-state index in [1.807, 2.05) is 0 Å². The Balaban J connectivity index is 2.01. The largest absolute Gasteiger partial charge is 0.0728 e. The highest BCUT2D eigenvalue weighted by Crippen LogP contribution is 2.35. The quantitative estimate of drug-likeness (QED) is 0.418. The van der Waals surface area contributed by atoms with Gasteiger partial charge in [-0.15, -0.1) is 0 Å². The molecule has 0 saturated carbocycles. The summed E-state index contributed by atoms with van der Waals surface area (Å²) in [6.07, 6.45) is 8.10. The zero-order chi connectivity index (χ0) is 15.0. The van der Waals surface area contributed by atoms with E-state index in [1.165, 1.54) is 53.9 Å². The molecule has 0 aromatic heterocycles. The van der Waals surface area contributed by atoms with E-state index in [-0.39, 0.29) is 0 Å². The molecule has 106 valence electrons. The summed E-state index contributed by atoms with van der Waals surface area (Å²) in [5.74, 6) is 0. The van der Waals surface area contributed by atoms with Gasteiger partial charge in [-0.05, 0) is 72.5 Å². The van der Waals surface area contributed by atoms with Crippen molar-refractivity contribution in [1.82, 2.24) is 0 Å². The summed E-state index contributed by atoms with van der Waals surface area (Å²) in [4.78, 5) is 0. The standard InChI is InChI=1S/C23H14/c1-2-7-19-14(4-1)8-9-17-13-18-12-16-6-3-5-15-10-11-20(22(17)19)23(18)21(15)16/h1-2,4-13H,3H2. The summed E-state index contributed by atoms with van der Waals surface area (Å²) in [6.45, 7) is 0. The number of hydrogen-bond acceptors (Lipinski definition) is 0. The Labute approximate surface area is 133 Å². The first-order valence-corrected chi connectivity index (χ1v) is 8.20. The van der Waals surface area contributed by atoms with Crippen molar-refractivity contribution in [1.29, 1.82) is 0 Å². The second-order valence-electron chi connectivity index (χ2n) is 6.55. The molecular formula is C23H14. The van der Waals surface area contributed by atoms with Crippen LogP contribution >= 0.6 is 0 Å². The molecule has 0 N–H and O–H groups in total. The van der Waals surface area contributed by atoms with Gasteiger partial charge < -0.3 is 0 Å². The van der Waals surface area contributed by atoms with Crippen LogP contribution in [0.1, 0.15) is 12.0 Å². The van der Waals surface area contributed by atoms with Crippen molar-refractivity contribution >= 4 is 50.0 Å². The summed E-state index contributed by atoms with van der Waals surface area (Å²) in [5, 5.41) is 11.0. The van der Waals surface area contributed by atoms with Crippen LogP contribution in [0.2, 0.25) is 0 Å². The van der Waals surface area contributed by atoms with Crippen LogP contribution in [0.5, 0.6) is 0 Å². The molecule has 0 nitrogen and oxygen atoms in total. The predicted octanol–water partition coefficient (Wildman–Crippen LogP) is 4.51. The average molecular weight is 290 g/mol. The molecule has 0 heterocycles. The topological polar surface area (TPSA) is 0 Å². The summed E-state index contributed by atoms with van der Waals surface area (Å²) in [7, 11) is 0. The zero-order valence-electron chi connectivity index (χ0n) is 12.6. The Morgan fingerprint density at radius 1 is 0.652 bits per heavy atom. The third-order valence-corrected chi connectivity index (χ3v) is 5.34. The normalized spacial score (nSPS) is 14.9. The third-order valence-electron chi connectivity index (χ3n) is 5.34. The molecule has 2 aliphatic rings. The Kier molecular flexibility index (Phi) is 1.98. The van der Waals surface area contributed by atoms with Gasteiger partial charge in [-0.25, -0.2) is 0 Å². The molecule has 0 radical (unpaired) electrons. The van der Waals surface area contributed by atoms with E-state index in [0.717, 1.165) is 6.42 Å². The molecule has 0 amide bonds. The lowest BCUT2D eigenvalue weighted by atomic mass is 9.92. The monoisotopic (exact) mass is 290 g/mol.